The van der Waals surface area contributed by atoms with Crippen LogP contribution in [0.1, 0.15) is 19.4 Å². The number of aliphatic hydroxyl groups is 1. The molecule has 2 unspecified atom stereocenters. The lowest BCUT2D eigenvalue weighted by Crippen LogP contribution is -2.63. The van der Waals surface area contributed by atoms with E-state index in [0.717, 1.165) is 5.56 Å². The van der Waals surface area contributed by atoms with E-state index in [9.17, 15) is 10.4 Å². The summed E-state index contributed by atoms with van der Waals surface area (Å²) >= 11 is 0. The van der Waals surface area contributed by atoms with Crippen LogP contribution in [0.5, 0.6) is 0 Å². The van der Waals surface area contributed by atoms with Crippen LogP contribution >= 0.6 is 0 Å². The Labute approximate surface area is 120 Å². The van der Waals surface area contributed by atoms with E-state index >= 15 is 0 Å². The van der Waals surface area contributed by atoms with Crippen molar-refractivity contribution < 1.29 is 9.84 Å². The predicted molar refractivity (Wildman–Crippen MR) is 76.9 cm³/mol. The van der Waals surface area contributed by atoms with Crippen molar-refractivity contribution in [1.82, 2.24) is 4.90 Å². The number of hydrogen-bond acceptors (Lipinski definition) is 4. The Morgan fingerprint density at radius 2 is 2.15 bits per heavy atom. The number of hydrogen-bond donors (Lipinski definition) is 1. The summed E-state index contributed by atoms with van der Waals surface area (Å²) in [5.41, 5.74) is 0.205. The minimum Gasteiger partial charge on any atom is -0.393 e. The van der Waals surface area contributed by atoms with E-state index in [0.29, 0.717) is 19.1 Å². The Kier molecular flexibility index (Phi) is 4.77. The summed E-state index contributed by atoms with van der Waals surface area (Å²) in [6.07, 6.45) is 0. The summed E-state index contributed by atoms with van der Waals surface area (Å²) < 4.78 is 5.58. The highest BCUT2D eigenvalue weighted by Crippen LogP contribution is 2.29. The molecule has 4 heteroatoms. The molecule has 0 aliphatic carbocycles. The largest absolute Gasteiger partial charge is 0.393 e. The fourth-order valence-electron chi connectivity index (χ4n) is 2.71. The Balaban J connectivity index is 2.31. The fraction of sp³-hybridized carbons (Fsp3) is 0.562. The monoisotopic (exact) mass is 274 g/mol. The van der Waals surface area contributed by atoms with Gasteiger partial charge < -0.3 is 9.84 Å². The van der Waals surface area contributed by atoms with Crippen molar-refractivity contribution in [3.63, 3.8) is 0 Å². The van der Waals surface area contributed by atoms with Crippen LogP contribution in [0.25, 0.3) is 0 Å². The third-order valence-electron chi connectivity index (χ3n) is 4.01. The molecule has 1 aliphatic heterocycles. The zero-order valence-electron chi connectivity index (χ0n) is 12.1. The summed E-state index contributed by atoms with van der Waals surface area (Å²) in [6.45, 7) is 5.55. The lowest BCUT2D eigenvalue weighted by molar-refractivity contribution is -0.114. The van der Waals surface area contributed by atoms with Gasteiger partial charge in [-0.25, -0.2) is 0 Å². The molecule has 0 saturated carbocycles. The first-order valence-corrected chi connectivity index (χ1v) is 7.03. The smallest absolute Gasteiger partial charge is 0.156 e. The van der Waals surface area contributed by atoms with Crippen LogP contribution in [0.4, 0.5) is 0 Å². The second kappa shape index (κ2) is 6.36. The van der Waals surface area contributed by atoms with E-state index in [4.69, 9.17) is 4.74 Å². The van der Waals surface area contributed by atoms with Gasteiger partial charge in [0.15, 0.2) is 5.54 Å². The highest BCUT2D eigenvalue weighted by molar-refractivity contribution is 5.19. The average molecular weight is 274 g/mol. The number of nitriles is 1. The predicted octanol–water partition coefficient (Wildman–Crippen LogP) is 1.80. The quantitative estimate of drug-likeness (QED) is 0.909. The molecule has 0 radical (unpaired) electrons. The third kappa shape index (κ3) is 2.85. The number of aliphatic hydroxyl groups excluding tert-OH is 1. The molecule has 0 amide bonds. The standard InChI is InChI=1S/C16H22N2O2/c1-13(2)15-9-20-12-16(10-17,11-19)18(15)8-14-6-4-3-5-7-14/h3-7,13,15,19H,8-9,11-12H2,1-2H3. The van der Waals surface area contributed by atoms with E-state index in [1.165, 1.54) is 0 Å². The van der Waals surface area contributed by atoms with Crippen LogP contribution in [-0.4, -0.2) is 41.4 Å². The van der Waals surface area contributed by atoms with Crippen molar-refractivity contribution in [2.75, 3.05) is 19.8 Å². The van der Waals surface area contributed by atoms with E-state index in [1.54, 1.807) is 0 Å². The second-order valence-corrected chi connectivity index (χ2v) is 5.74. The van der Waals surface area contributed by atoms with Crippen LogP contribution in [0.3, 0.4) is 0 Å². The molecule has 0 aromatic heterocycles. The van der Waals surface area contributed by atoms with Gasteiger partial charge in [0.1, 0.15) is 0 Å². The molecule has 1 fully saturated rings. The molecular formula is C16H22N2O2. The molecule has 20 heavy (non-hydrogen) atoms. The molecule has 1 aliphatic rings. The van der Waals surface area contributed by atoms with Gasteiger partial charge in [0.05, 0.1) is 25.9 Å². The summed E-state index contributed by atoms with van der Waals surface area (Å²) in [4.78, 5) is 2.11. The SMILES string of the molecule is CC(C)C1COCC(C#N)(CO)N1Cc1ccccc1. The Hall–Kier alpha value is -1.41. The molecule has 108 valence electrons. The number of morpholine rings is 1. The van der Waals surface area contributed by atoms with Crippen molar-refractivity contribution in [3.05, 3.63) is 35.9 Å². The summed E-state index contributed by atoms with van der Waals surface area (Å²) in [7, 11) is 0. The molecule has 2 rings (SSSR count). The number of ether oxygens (including phenoxy) is 1. The number of benzene rings is 1. The topological polar surface area (TPSA) is 56.5 Å². The van der Waals surface area contributed by atoms with Gasteiger partial charge in [0.25, 0.3) is 0 Å². The molecule has 2 atom stereocenters. The Bertz CT molecular complexity index is 469. The van der Waals surface area contributed by atoms with Crippen LogP contribution in [-0.2, 0) is 11.3 Å². The summed E-state index contributed by atoms with van der Waals surface area (Å²) in [6, 6.07) is 12.5. The summed E-state index contributed by atoms with van der Waals surface area (Å²) in [5.74, 6) is 0.360. The first-order chi connectivity index (χ1) is 9.63. The lowest BCUT2D eigenvalue weighted by Gasteiger charge is -2.47. The van der Waals surface area contributed by atoms with Crippen LogP contribution in [0, 0.1) is 17.2 Å². The van der Waals surface area contributed by atoms with Gasteiger partial charge in [0.2, 0.25) is 0 Å². The van der Waals surface area contributed by atoms with Crippen molar-refractivity contribution in [2.45, 2.75) is 32.0 Å². The third-order valence-corrected chi connectivity index (χ3v) is 4.01. The maximum atomic E-state index is 9.75. The second-order valence-electron chi connectivity index (χ2n) is 5.74. The lowest BCUT2D eigenvalue weighted by atomic mass is 9.91. The first-order valence-electron chi connectivity index (χ1n) is 7.03. The molecule has 4 nitrogen and oxygen atoms in total. The van der Waals surface area contributed by atoms with Gasteiger partial charge >= 0.3 is 0 Å². The van der Waals surface area contributed by atoms with Crippen molar-refractivity contribution in [3.8, 4) is 6.07 Å². The first kappa shape index (κ1) is 15.0. The van der Waals surface area contributed by atoms with Gasteiger partial charge in [0, 0.05) is 12.6 Å². The number of nitrogens with zero attached hydrogens (tertiary/aromatic N) is 2. The maximum absolute atomic E-state index is 9.75. The highest BCUT2D eigenvalue weighted by Gasteiger charge is 2.45. The minimum absolute atomic E-state index is 0.135. The highest BCUT2D eigenvalue weighted by atomic mass is 16.5. The average Bonchev–Trinajstić information content (AvgIpc) is 2.48. The molecule has 0 spiro atoms. The van der Waals surface area contributed by atoms with Gasteiger partial charge in [-0.05, 0) is 11.5 Å². The van der Waals surface area contributed by atoms with E-state index in [2.05, 4.69) is 24.8 Å². The molecule has 1 aromatic carbocycles. The van der Waals surface area contributed by atoms with Crippen LogP contribution in [0.15, 0.2) is 30.3 Å². The molecule has 1 N–H and O–H groups in total. The fourth-order valence-corrected chi connectivity index (χ4v) is 2.71. The van der Waals surface area contributed by atoms with Crippen molar-refractivity contribution >= 4 is 0 Å². The van der Waals surface area contributed by atoms with Gasteiger partial charge in [-0.1, -0.05) is 44.2 Å². The molecular weight excluding hydrogens is 252 g/mol. The Morgan fingerprint density at radius 3 is 2.70 bits per heavy atom. The zero-order valence-corrected chi connectivity index (χ0v) is 12.1. The normalized spacial score (nSPS) is 27.4. The van der Waals surface area contributed by atoms with E-state index < -0.39 is 5.54 Å². The van der Waals surface area contributed by atoms with Crippen molar-refractivity contribution in [2.24, 2.45) is 5.92 Å². The van der Waals surface area contributed by atoms with Crippen LogP contribution < -0.4 is 0 Å². The Morgan fingerprint density at radius 1 is 1.45 bits per heavy atom. The number of rotatable bonds is 4. The van der Waals surface area contributed by atoms with Crippen molar-refractivity contribution in [1.29, 1.82) is 5.26 Å². The zero-order chi connectivity index (χ0) is 14.6. The molecule has 1 heterocycles. The molecule has 1 saturated heterocycles. The molecule has 0 bridgehead atoms. The summed E-state index contributed by atoms with van der Waals surface area (Å²) in [5, 5.41) is 19.3. The van der Waals surface area contributed by atoms with Gasteiger partial charge in [-0.2, -0.15) is 5.26 Å². The minimum atomic E-state index is -0.941. The van der Waals surface area contributed by atoms with Gasteiger partial charge in [-0.15, -0.1) is 0 Å². The van der Waals surface area contributed by atoms with E-state index in [1.807, 2.05) is 30.3 Å². The van der Waals surface area contributed by atoms with Crippen LogP contribution in [0.2, 0.25) is 0 Å². The molecule has 1 aromatic rings. The van der Waals surface area contributed by atoms with Gasteiger partial charge in [-0.3, -0.25) is 4.90 Å². The maximum Gasteiger partial charge on any atom is 0.156 e. The van der Waals surface area contributed by atoms with E-state index in [-0.39, 0.29) is 19.3 Å².